The fourth-order valence-corrected chi connectivity index (χ4v) is 2.53. The molecule has 1 aromatic heterocycles. The molecule has 1 heterocycles. The zero-order valence-corrected chi connectivity index (χ0v) is 17.4. The highest BCUT2D eigenvalue weighted by atomic mass is 35.5. The summed E-state index contributed by atoms with van der Waals surface area (Å²) in [5.74, 6) is -1.27. The van der Waals surface area contributed by atoms with Crippen molar-refractivity contribution in [3.05, 3.63) is 70.8 Å². The van der Waals surface area contributed by atoms with Crippen LogP contribution in [0.2, 0.25) is 5.02 Å². The quantitative estimate of drug-likeness (QED) is 0.408. The number of aromatic nitrogens is 2. The summed E-state index contributed by atoms with van der Waals surface area (Å²) in [7, 11) is 1.47. The van der Waals surface area contributed by atoms with Crippen LogP contribution in [0.4, 0.5) is 4.39 Å². The summed E-state index contributed by atoms with van der Waals surface area (Å²) in [5, 5.41) is 6.41. The standard InChI is InChI=1S/C21H18ClFN4O4/c1-13-15(22)7-5-9-16(13)30-20-19(23)21(26-12-25-20)31-17-8-4-3-6-14(17)11-29-27-10-18(28)24-2/h3-10,12H,11H2,1-2H3,(H,24,28)/b27-10+. The number of hydrogen-bond acceptors (Lipinski definition) is 7. The number of nitrogens with one attached hydrogen (secondary N) is 1. The van der Waals surface area contributed by atoms with Crippen LogP contribution in [0.15, 0.2) is 53.9 Å². The molecule has 0 atom stereocenters. The molecule has 2 aromatic carbocycles. The highest BCUT2D eigenvalue weighted by molar-refractivity contribution is 6.31. The Morgan fingerprint density at radius 2 is 1.81 bits per heavy atom. The van der Waals surface area contributed by atoms with Gasteiger partial charge in [-0.15, -0.1) is 0 Å². The number of oxime groups is 1. The molecule has 0 saturated carbocycles. The van der Waals surface area contributed by atoms with Crippen molar-refractivity contribution in [2.24, 2.45) is 5.16 Å². The lowest BCUT2D eigenvalue weighted by Gasteiger charge is -2.12. The first-order valence-electron chi connectivity index (χ1n) is 9.06. The molecular formula is C21H18ClFN4O4. The van der Waals surface area contributed by atoms with E-state index in [0.29, 0.717) is 27.6 Å². The molecule has 31 heavy (non-hydrogen) atoms. The van der Waals surface area contributed by atoms with Crippen molar-refractivity contribution in [1.82, 2.24) is 15.3 Å². The van der Waals surface area contributed by atoms with E-state index in [9.17, 15) is 9.18 Å². The number of rotatable bonds is 8. The summed E-state index contributed by atoms with van der Waals surface area (Å²) in [5.41, 5.74) is 1.20. The molecule has 0 radical (unpaired) electrons. The first kappa shape index (κ1) is 22.0. The van der Waals surface area contributed by atoms with Crippen LogP contribution in [0, 0.1) is 12.7 Å². The molecule has 0 aliphatic heterocycles. The van der Waals surface area contributed by atoms with E-state index in [4.69, 9.17) is 25.9 Å². The molecule has 3 rings (SSSR count). The molecule has 3 aromatic rings. The molecule has 0 aliphatic carbocycles. The number of amides is 1. The summed E-state index contributed by atoms with van der Waals surface area (Å²) in [6.07, 6.45) is 2.12. The predicted octanol–water partition coefficient (Wildman–Crippen LogP) is 4.41. The molecule has 0 bridgehead atoms. The van der Waals surface area contributed by atoms with Gasteiger partial charge in [0.2, 0.25) is 5.82 Å². The van der Waals surface area contributed by atoms with Crippen molar-refractivity contribution >= 4 is 23.7 Å². The van der Waals surface area contributed by atoms with Crippen LogP contribution in [0.25, 0.3) is 0 Å². The molecule has 8 nitrogen and oxygen atoms in total. The van der Waals surface area contributed by atoms with Crippen LogP contribution >= 0.6 is 11.6 Å². The third kappa shape index (κ3) is 5.67. The van der Waals surface area contributed by atoms with Gasteiger partial charge in [0, 0.05) is 23.2 Å². The Bertz CT molecular complexity index is 1110. The minimum Gasteiger partial charge on any atom is -0.436 e. The maximum atomic E-state index is 14.9. The summed E-state index contributed by atoms with van der Waals surface area (Å²) < 4.78 is 26.1. The van der Waals surface area contributed by atoms with E-state index in [1.807, 2.05) is 0 Å². The second kappa shape index (κ2) is 10.4. The number of para-hydroxylation sites is 1. The fraction of sp³-hybridized carbons (Fsp3) is 0.143. The number of carbonyl (C=O) groups excluding carboxylic acids is 1. The van der Waals surface area contributed by atoms with Gasteiger partial charge in [-0.1, -0.05) is 41.0 Å². The van der Waals surface area contributed by atoms with Gasteiger partial charge in [-0.25, -0.2) is 0 Å². The van der Waals surface area contributed by atoms with Crippen molar-refractivity contribution in [2.75, 3.05) is 7.05 Å². The van der Waals surface area contributed by atoms with Crippen molar-refractivity contribution in [2.45, 2.75) is 13.5 Å². The Morgan fingerprint density at radius 1 is 1.13 bits per heavy atom. The van der Waals surface area contributed by atoms with E-state index in [1.54, 1.807) is 49.4 Å². The summed E-state index contributed by atoms with van der Waals surface area (Å²) in [6, 6.07) is 11.8. The third-order valence-electron chi connectivity index (χ3n) is 4.04. The Labute approximate surface area is 182 Å². The van der Waals surface area contributed by atoms with Crippen molar-refractivity contribution < 1.29 is 23.5 Å². The Morgan fingerprint density at radius 3 is 2.55 bits per heavy atom. The second-order valence-corrected chi connectivity index (χ2v) is 6.50. The average Bonchev–Trinajstić information content (AvgIpc) is 2.77. The highest BCUT2D eigenvalue weighted by Gasteiger charge is 2.18. The average molecular weight is 445 g/mol. The highest BCUT2D eigenvalue weighted by Crippen LogP contribution is 2.33. The van der Waals surface area contributed by atoms with E-state index in [-0.39, 0.29) is 18.4 Å². The van der Waals surface area contributed by atoms with E-state index < -0.39 is 11.7 Å². The first-order valence-corrected chi connectivity index (χ1v) is 9.43. The molecule has 160 valence electrons. The van der Waals surface area contributed by atoms with Crippen LogP contribution in [0.3, 0.4) is 0 Å². The molecule has 0 saturated heterocycles. The van der Waals surface area contributed by atoms with Crippen LogP contribution in [-0.4, -0.2) is 29.1 Å². The van der Waals surface area contributed by atoms with Crippen LogP contribution < -0.4 is 14.8 Å². The van der Waals surface area contributed by atoms with Gasteiger partial charge in [-0.2, -0.15) is 14.4 Å². The maximum Gasteiger partial charge on any atom is 0.265 e. The molecule has 0 spiro atoms. The van der Waals surface area contributed by atoms with Crippen molar-refractivity contribution in [3.63, 3.8) is 0 Å². The molecule has 0 fully saturated rings. The SMILES string of the molecule is CNC(=O)/C=N/OCc1ccccc1Oc1ncnc(Oc2cccc(Cl)c2C)c1F. The van der Waals surface area contributed by atoms with Gasteiger partial charge in [0.15, 0.2) is 0 Å². The first-order chi connectivity index (χ1) is 15.0. The third-order valence-corrected chi connectivity index (χ3v) is 4.45. The molecule has 0 aliphatic rings. The van der Waals surface area contributed by atoms with Gasteiger partial charge in [0.1, 0.15) is 30.6 Å². The Balaban J connectivity index is 1.78. The Kier molecular flexibility index (Phi) is 7.34. The molecular weight excluding hydrogens is 427 g/mol. The van der Waals surface area contributed by atoms with Crippen molar-refractivity contribution in [1.29, 1.82) is 0 Å². The van der Waals surface area contributed by atoms with E-state index in [2.05, 4.69) is 20.4 Å². The lowest BCUT2D eigenvalue weighted by Crippen LogP contribution is -2.18. The van der Waals surface area contributed by atoms with Crippen LogP contribution in [0.1, 0.15) is 11.1 Å². The summed E-state index contributed by atoms with van der Waals surface area (Å²) >= 11 is 6.08. The van der Waals surface area contributed by atoms with Gasteiger partial charge in [0.05, 0.1) is 0 Å². The lowest BCUT2D eigenvalue weighted by molar-refractivity contribution is -0.114. The van der Waals surface area contributed by atoms with Crippen LogP contribution in [0.5, 0.6) is 23.3 Å². The lowest BCUT2D eigenvalue weighted by atomic mass is 10.2. The number of halogens is 2. The zero-order valence-electron chi connectivity index (χ0n) is 16.6. The Hall–Kier alpha value is -3.72. The van der Waals surface area contributed by atoms with Crippen LogP contribution in [-0.2, 0) is 16.2 Å². The monoisotopic (exact) mass is 444 g/mol. The number of hydrogen-bond donors (Lipinski definition) is 1. The number of ether oxygens (including phenoxy) is 2. The second-order valence-electron chi connectivity index (χ2n) is 6.09. The van der Waals surface area contributed by atoms with Gasteiger partial charge < -0.3 is 19.6 Å². The number of benzene rings is 2. The molecule has 1 N–H and O–H groups in total. The predicted molar refractivity (Wildman–Crippen MR) is 112 cm³/mol. The molecule has 10 heteroatoms. The topological polar surface area (TPSA) is 94.9 Å². The summed E-state index contributed by atoms with van der Waals surface area (Å²) in [4.78, 5) is 23.9. The zero-order chi connectivity index (χ0) is 22.2. The largest absolute Gasteiger partial charge is 0.436 e. The van der Waals surface area contributed by atoms with Gasteiger partial charge in [-0.3, -0.25) is 4.79 Å². The minimum absolute atomic E-state index is 0.0125. The minimum atomic E-state index is -0.879. The molecule has 1 amide bonds. The molecule has 0 unspecified atom stereocenters. The normalized spacial score (nSPS) is 10.7. The van der Waals surface area contributed by atoms with Gasteiger partial charge in [-0.05, 0) is 25.1 Å². The maximum absolute atomic E-state index is 14.9. The smallest absolute Gasteiger partial charge is 0.265 e. The number of carbonyl (C=O) groups is 1. The fourth-order valence-electron chi connectivity index (χ4n) is 2.37. The van der Waals surface area contributed by atoms with E-state index in [1.165, 1.54) is 7.05 Å². The van der Waals surface area contributed by atoms with E-state index >= 15 is 0 Å². The number of nitrogens with zero attached hydrogens (tertiary/aromatic N) is 3. The summed E-state index contributed by atoms with van der Waals surface area (Å²) in [6.45, 7) is 1.73. The van der Waals surface area contributed by atoms with Gasteiger partial charge >= 0.3 is 0 Å². The van der Waals surface area contributed by atoms with Gasteiger partial charge in [0.25, 0.3) is 17.7 Å². The van der Waals surface area contributed by atoms with E-state index in [0.717, 1.165) is 12.5 Å². The van der Waals surface area contributed by atoms with Crippen molar-refractivity contribution in [3.8, 4) is 23.3 Å².